The monoisotopic (exact) mass is 271 g/mol. The van der Waals surface area contributed by atoms with Crippen molar-refractivity contribution < 1.29 is 14.6 Å². The van der Waals surface area contributed by atoms with E-state index in [0.29, 0.717) is 31.4 Å². The number of aliphatic hydroxyl groups excluding tert-OH is 1. The zero-order valence-corrected chi connectivity index (χ0v) is 12.3. The minimum absolute atomic E-state index is 0.368. The normalized spacial score (nSPS) is 36.8. The fourth-order valence-corrected chi connectivity index (χ4v) is 2.93. The second-order valence-electron chi connectivity index (χ2n) is 6.30. The summed E-state index contributed by atoms with van der Waals surface area (Å²) in [7, 11) is 1.76. The smallest absolute Gasteiger partial charge is 0.0897 e. The Labute approximate surface area is 116 Å². The van der Waals surface area contributed by atoms with E-state index in [2.05, 4.69) is 12.2 Å². The van der Waals surface area contributed by atoms with Gasteiger partial charge in [-0.2, -0.15) is 0 Å². The number of methoxy groups -OCH3 is 1. The molecule has 2 rings (SSSR count). The van der Waals surface area contributed by atoms with E-state index in [0.717, 1.165) is 31.6 Å². The molecule has 19 heavy (non-hydrogen) atoms. The number of aliphatic hydroxyl groups is 1. The summed E-state index contributed by atoms with van der Waals surface area (Å²) in [4.78, 5) is 0. The van der Waals surface area contributed by atoms with Crippen LogP contribution in [0.1, 0.15) is 45.4 Å². The van der Waals surface area contributed by atoms with Crippen LogP contribution in [0.5, 0.6) is 0 Å². The minimum atomic E-state index is -0.388. The third-order valence-electron chi connectivity index (χ3n) is 4.56. The van der Waals surface area contributed by atoms with Crippen LogP contribution in [0.15, 0.2) is 0 Å². The number of rotatable bonds is 7. The summed E-state index contributed by atoms with van der Waals surface area (Å²) >= 11 is 0. The van der Waals surface area contributed by atoms with Crippen LogP contribution in [0, 0.1) is 5.92 Å². The van der Waals surface area contributed by atoms with Gasteiger partial charge in [0.25, 0.3) is 0 Å². The molecule has 0 spiro atoms. The van der Waals surface area contributed by atoms with Crippen LogP contribution in [0.3, 0.4) is 0 Å². The molecular weight excluding hydrogens is 242 g/mol. The number of ether oxygens (including phenoxy) is 2. The molecule has 112 valence electrons. The molecule has 0 radical (unpaired) electrons. The van der Waals surface area contributed by atoms with Gasteiger partial charge in [0, 0.05) is 19.7 Å². The first-order chi connectivity index (χ1) is 9.17. The molecule has 0 amide bonds. The summed E-state index contributed by atoms with van der Waals surface area (Å²) in [6.45, 7) is 3.40. The summed E-state index contributed by atoms with van der Waals surface area (Å²) in [5.74, 6) is 0.846. The van der Waals surface area contributed by atoms with E-state index in [1.54, 1.807) is 7.11 Å². The third-order valence-corrected chi connectivity index (χ3v) is 4.56. The van der Waals surface area contributed by atoms with Crippen molar-refractivity contribution in [3.63, 3.8) is 0 Å². The lowest BCUT2D eigenvalue weighted by atomic mass is 9.89. The Kier molecular flexibility index (Phi) is 6.07. The second kappa shape index (κ2) is 7.58. The van der Waals surface area contributed by atoms with Crippen molar-refractivity contribution >= 4 is 0 Å². The lowest BCUT2D eigenvalue weighted by molar-refractivity contribution is -0.0326. The van der Waals surface area contributed by atoms with Gasteiger partial charge in [0.05, 0.1) is 24.9 Å². The lowest BCUT2D eigenvalue weighted by Crippen LogP contribution is -2.48. The lowest BCUT2D eigenvalue weighted by Gasteiger charge is -2.35. The van der Waals surface area contributed by atoms with Crippen molar-refractivity contribution in [2.45, 2.75) is 69.8 Å². The van der Waals surface area contributed by atoms with E-state index < -0.39 is 0 Å². The number of nitrogens with one attached hydrogen (secondary N) is 1. The summed E-state index contributed by atoms with van der Waals surface area (Å²) in [6.07, 6.45) is 7.34. The average Bonchev–Trinajstić information content (AvgIpc) is 2.36. The van der Waals surface area contributed by atoms with Crippen LogP contribution in [-0.2, 0) is 9.47 Å². The van der Waals surface area contributed by atoms with Crippen LogP contribution in [0.2, 0.25) is 0 Å². The van der Waals surface area contributed by atoms with Crippen molar-refractivity contribution in [1.82, 2.24) is 5.32 Å². The van der Waals surface area contributed by atoms with Gasteiger partial charge >= 0.3 is 0 Å². The maximum absolute atomic E-state index is 9.90. The second-order valence-corrected chi connectivity index (χ2v) is 6.30. The van der Waals surface area contributed by atoms with Gasteiger partial charge in [0.2, 0.25) is 0 Å². The molecule has 2 fully saturated rings. The highest BCUT2D eigenvalue weighted by atomic mass is 16.5. The largest absolute Gasteiger partial charge is 0.389 e. The number of hydrogen-bond donors (Lipinski definition) is 2. The van der Waals surface area contributed by atoms with Crippen molar-refractivity contribution in [2.24, 2.45) is 5.92 Å². The number of hydrogen-bond acceptors (Lipinski definition) is 4. The van der Waals surface area contributed by atoms with Gasteiger partial charge in [-0.25, -0.2) is 0 Å². The first-order valence-electron chi connectivity index (χ1n) is 7.73. The van der Waals surface area contributed by atoms with Crippen LogP contribution < -0.4 is 5.32 Å². The van der Waals surface area contributed by atoms with E-state index in [4.69, 9.17) is 9.47 Å². The maximum Gasteiger partial charge on any atom is 0.0897 e. The molecule has 1 atom stereocenters. The minimum Gasteiger partial charge on any atom is -0.389 e. The Morgan fingerprint density at radius 2 is 1.84 bits per heavy atom. The van der Waals surface area contributed by atoms with E-state index in [1.807, 2.05) is 0 Å². The molecule has 0 aromatic carbocycles. The molecule has 2 aliphatic carbocycles. The summed E-state index contributed by atoms with van der Waals surface area (Å²) in [5, 5.41) is 13.3. The maximum atomic E-state index is 9.90. The first-order valence-corrected chi connectivity index (χ1v) is 7.73. The van der Waals surface area contributed by atoms with Crippen LogP contribution in [0.4, 0.5) is 0 Å². The Morgan fingerprint density at radius 1 is 1.16 bits per heavy atom. The fourth-order valence-electron chi connectivity index (χ4n) is 2.93. The van der Waals surface area contributed by atoms with E-state index >= 15 is 0 Å². The molecule has 1 unspecified atom stereocenters. The summed E-state index contributed by atoms with van der Waals surface area (Å²) in [6, 6.07) is 0.509. The van der Waals surface area contributed by atoms with Gasteiger partial charge < -0.3 is 19.9 Å². The molecule has 2 saturated carbocycles. The van der Waals surface area contributed by atoms with Gasteiger partial charge in [-0.05, 0) is 44.4 Å². The van der Waals surface area contributed by atoms with Crippen molar-refractivity contribution in [2.75, 3.05) is 20.3 Å². The molecule has 4 nitrogen and oxygen atoms in total. The average molecular weight is 271 g/mol. The molecule has 4 heteroatoms. The molecule has 0 bridgehead atoms. The standard InChI is InChI=1S/C15H29NO3/c1-11-3-5-14(6-4-11)19-10-13(17)9-16-12-7-15(8-12)18-2/h11-17H,3-10H2,1-2H3. The molecule has 0 aromatic rings. The topological polar surface area (TPSA) is 50.7 Å². The highest BCUT2D eigenvalue weighted by Crippen LogP contribution is 2.25. The predicted octanol–water partition coefficient (Wildman–Crippen LogP) is 1.71. The van der Waals surface area contributed by atoms with Gasteiger partial charge in [0.1, 0.15) is 0 Å². The van der Waals surface area contributed by atoms with Crippen molar-refractivity contribution in [1.29, 1.82) is 0 Å². The highest BCUT2D eigenvalue weighted by Gasteiger charge is 2.28. The summed E-state index contributed by atoms with van der Waals surface area (Å²) in [5.41, 5.74) is 0. The molecule has 0 aromatic heterocycles. The van der Waals surface area contributed by atoms with Crippen molar-refractivity contribution in [3.8, 4) is 0 Å². The van der Waals surface area contributed by atoms with Crippen molar-refractivity contribution in [3.05, 3.63) is 0 Å². The molecule has 0 aliphatic heterocycles. The Balaban J connectivity index is 1.49. The molecule has 0 saturated heterocycles. The molecule has 2 aliphatic rings. The molecular formula is C15H29NO3. The van der Waals surface area contributed by atoms with Gasteiger partial charge in [-0.15, -0.1) is 0 Å². The van der Waals surface area contributed by atoms with E-state index in [-0.39, 0.29) is 6.10 Å². The molecule has 0 heterocycles. The zero-order chi connectivity index (χ0) is 13.7. The van der Waals surface area contributed by atoms with Gasteiger partial charge in [-0.3, -0.25) is 0 Å². The zero-order valence-electron chi connectivity index (χ0n) is 12.3. The van der Waals surface area contributed by atoms with Crippen LogP contribution >= 0.6 is 0 Å². The van der Waals surface area contributed by atoms with Crippen LogP contribution in [0.25, 0.3) is 0 Å². The fraction of sp³-hybridized carbons (Fsp3) is 1.00. The highest BCUT2D eigenvalue weighted by molar-refractivity contribution is 4.86. The van der Waals surface area contributed by atoms with Crippen LogP contribution in [-0.4, -0.2) is 49.7 Å². The third kappa shape index (κ3) is 5.03. The quantitative estimate of drug-likeness (QED) is 0.740. The van der Waals surface area contributed by atoms with E-state index in [9.17, 15) is 5.11 Å². The van der Waals surface area contributed by atoms with E-state index in [1.165, 1.54) is 12.8 Å². The van der Waals surface area contributed by atoms with Gasteiger partial charge in [0.15, 0.2) is 0 Å². The first kappa shape index (κ1) is 15.2. The molecule has 2 N–H and O–H groups in total. The Morgan fingerprint density at radius 3 is 2.47 bits per heavy atom. The predicted molar refractivity (Wildman–Crippen MR) is 75.2 cm³/mol. The Hall–Kier alpha value is -0.160. The van der Waals surface area contributed by atoms with Gasteiger partial charge in [-0.1, -0.05) is 6.92 Å². The Bertz CT molecular complexity index is 248. The SMILES string of the molecule is COC1CC(NCC(O)COC2CCC(C)CC2)C1. The summed E-state index contributed by atoms with van der Waals surface area (Å²) < 4.78 is 11.0.